The van der Waals surface area contributed by atoms with Gasteiger partial charge in [-0.2, -0.15) is 0 Å². The van der Waals surface area contributed by atoms with Crippen molar-refractivity contribution in [3.05, 3.63) is 54.1 Å². The third kappa shape index (κ3) is 5.60. The topological polar surface area (TPSA) is 67.9 Å². The predicted octanol–water partition coefficient (Wildman–Crippen LogP) is 3.22. The van der Waals surface area contributed by atoms with Crippen molar-refractivity contribution in [2.75, 3.05) is 31.0 Å². The number of sulfonamides is 1. The number of benzene rings is 2. The largest absolute Gasteiger partial charge is 0.573 e. The molecule has 2 aromatic carbocycles. The van der Waals surface area contributed by atoms with Gasteiger partial charge in [0.05, 0.1) is 13.2 Å². The van der Waals surface area contributed by atoms with Crippen molar-refractivity contribution in [1.29, 1.82) is 0 Å². The van der Waals surface area contributed by atoms with Gasteiger partial charge in [-0.3, -0.25) is 9.62 Å². The van der Waals surface area contributed by atoms with E-state index in [0.29, 0.717) is 19.8 Å². The quantitative estimate of drug-likeness (QED) is 0.783. The number of rotatable bonds is 6. The molecule has 0 spiro atoms. The molecule has 0 unspecified atom stereocenters. The van der Waals surface area contributed by atoms with Crippen LogP contribution in [0.4, 0.5) is 18.9 Å². The third-order valence-corrected chi connectivity index (χ3v) is 5.50. The number of hydrogen-bond donors (Lipinski definition) is 1. The average molecular weight is 416 g/mol. The lowest BCUT2D eigenvalue weighted by molar-refractivity contribution is -0.275. The maximum Gasteiger partial charge on any atom is 0.573 e. The minimum absolute atomic E-state index is 0.243. The van der Waals surface area contributed by atoms with Crippen molar-refractivity contribution >= 4 is 15.7 Å². The van der Waals surface area contributed by atoms with E-state index in [4.69, 9.17) is 4.74 Å². The van der Waals surface area contributed by atoms with Gasteiger partial charge in [-0.05, 0) is 29.8 Å². The molecular formula is C18H19F3N2O4S. The molecule has 28 heavy (non-hydrogen) atoms. The van der Waals surface area contributed by atoms with Crippen LogP contribution in [0.5, 0.6) is 5.75 Å². The number of halogens is 3. The second-order valence-corrected chi connectivity index (χ2v) is 7.84. The number of hydrogen-bond acceptors (Lipinski definition) is 5. The lowest BCUT2D eigenvalue weighted by atomic mass is 10.2. The van der Waals surface area contributed by atoms with Gasteiger partial charge in [0.25, 0.3) is 10.0 Å². The molecule has 3 rings (SSSR count). The normalized spacial score (nSPS) is 16.0. The molecule has 10 heteroatoms. The fraction of sp³-hybridized carbons (Fsp3) is 0.333. The van der Waals surface area contributed by atoms with Gasteiger partial charge in [-0.25, -0.2) is 8.42 Å². The van der Waals surface area contributed by atoms with Crippen molar-refractivity contribution in [2.45, 2.75) is 17.8 Å². The summed E-state index contributed by atoms with van der Waals surface area (Å²) in [4.78, 5) is 1.62. The first-order valence-corrected chi connectivity index (χ1v) is 9.98. The summed E-state index contributed by atoms with van der Waals surface area (Å²) < 4.78 is 74.0. The van der Waals surface area contributed by atoms with Crippen LogP contribution in [0.2, 0.25) is 0 Å². The van der Waals surface area contributed by atoms with Crippen LogP contribution in [-0.2, 0) is 21.3 Å². The lowest BCUT2D eigenvalue weighted by Gasteiger charge is -2.26. The molecule has 2 aromatic rings. The van der Waals surface area contributed by atoms with Crippen LogP contribution in [0, 0.1) is 0 Å². The van der Waals surface area contributed by atoms with Gasteiger partial charge in [-0.1, -0.05) is 24.3 Å². The van der Waals surface area contributed by atoms with Gasteiger partial charge in [-0.15, -0.1) is 13.2 Å². The van der Waals surface area contributed by atoms with Gasteiger partial charge < -0.3 is 9.47 Å². The van der Waals surface area contributed by atoms with E-state index in [1.165, 1.54) is 12.1 Å². The highest BCUT2D eigenvalue weighted by atomic mass is 32.2. The summed E-state index contributed by atoms with van der Waals surface area (Å²) in [5, 5.41) is 0. The summed E-state index contributed by atoms with van der Waals surface area (Å²) in [7, 11) is -4.26. The lowest BCUT2D eigenvalue weighted by Crippen LogP contribution is -2.35. The Morgan fingerprint density at radius 3 is 2.32 bits per heavy atom. The van der Waals surface area contributed by atoms with E-state index >= 15 is 0 Å². The Hall–Kier alpha value is -2.30. The molecule has 1 heterocycles. The molecule has 0 atom stereocenters. The first-order chi connectivity index (χ1) is 13.2. The fourth-order valence-electron chi connectivity index (χ4n) is 2.79. The molecule has 6 nitrogen and oxygen atoms in total. The zero-order valence-electron chi connectivity index (χ0n) is 14.8. The molecule has 0 aromatic heterocycles. The Kier molecular flexibility index (Phi) is 6.11. The molecule has 1 aliphatic heterocycles. The van der Waals surface area contributed by atoms with Crippen LogP contribution in [0.15, 0.2) is 53.4 Å². The Bertz CT molecular complexity index is 896. The van der Waals surface area contributed by atoms with Crippen LogP contribution in [0.25, 0.3) is 0 Å². The van der Waals surface area contributed by atoms with Crippen LogP contribution < -0.4 is 9.46 Å². The molecule has 1 fully saturated rings. The SMILES string of the molecule is O=S(=O)(Nc1ccc(CN2CCOCC2)cc1)c1ccccc1OC(F)(F)F. The average Bonchev–Trinajstić information content (AvgIpc) is 2.63. The van der Waals surface area contributed by atoms with Gasteiger partial charge in [0.1, 0.15) is 10.6 Å². The molecule has 152 valence electrons. The second kappa shape index (κ2) is 8.38. The minimum Gasteiger partial charge on any atom is -0.404 e. The molecule has 0 saturated carbocycles. The van der Waals surface area contributed by atoms with Crippen molar-refractivity contribution < 1.29 is 31.1 Å². The number of ether oxygens (including phenoxy) is 2. The number of morpholine rings is 1. The third-order valence-electron chi connectivity index (χ3n) is 4.08. The molecular weight excluding hydrogens is 397 g/mol. The van der Waals surface area contributed by atoms with Gasteiger partial charge in [0, 0.05) is 25.3 Å². The first kappa shape index (κ1) is 20.4. The standard InChI is InChI=1S/C18H19F3N2O4S/c19-18(20,21)27-16-3-1-2-4-17(16)28(24,25)22-15-7-5-14(6-8-15)13-23-9-11-26-12-10-23/h1-8,22H,9-13H2. The molecule has 1 aliphatic rings. The van der Waals surface area contributed by atoms with E-state index in [1.807, 2.05) is 0 Å². The predicted molar refractivity (Wildman–Crippen MR) is 96.5 cm³/mol. The molecule has 0 radical (unpaired) electrons. The number of anilines is 1. The van der Waals surface area contributed by atoms with Crippen LogP contribution in [-0.4, -0.2) is 46.0 Å². The highest BCUT2D eigenvalue weighted by Crippen LogP contribution is 2.30. The maximum atomic E-state index is 12.5. The molecule has 0 aliphatic carbocycles. The number of alkyl halides is 3. The van der Waals surface area contributed by atoms with Crippen molar-refractivity contribution in [1.82, 2.24) is 4.90 Å². The van der Waals surface area contributed by atoms with Crippen LogP contribution in [0.1, 0.15) is 5.56 Å². The Labute approximate surface area is 160 Å². The highest BCUT2D eigenvalue weighted by Gasteiger charge is 2.34. The van der Waals surface area contributed by atoms with Crippen molar-refractivity contribution in [3.8, 4) is 5.75 Å². The molecule has 0 amide bonds. The smallest absolute Gasteiger partial charge is 0.404 e. The van der Waals surface area contributed by atoms with Gasteiger partial charge in [0.2, 0.25) is 0 Å². The van der Waals surface area contributed by atoms with Crippen LogP contribution >= 0.6 is 0 Å². The van der Waals surface area contributed by atoms with Gasteiger partial charge >= 0.3 is 6.36 Å². The van der Waals surface area contributed by atoms with E-state index in [1.54, 1.807) is 24.3 Å². The highest BCUT2D eigenvalue weighted by molar-refractivity contribution is 7.92. The monoisotopic (exact) mass is 416 g/mol. The van der Waals surface area contributed by atoms with E-state index < -0.39 is 27.0 Å². The summed E-state index contributed by atoms with van der Waals surface area (Å²) in [6.07, 6.45) is -4.99. The fourth-order valence-corrected chi connectivity index (χ4v) is 3.98. The summed E-state index contributed by atoms with van der Waals surface area (Å²) >= 11 is 0. The van der Waals surface area contributed by atoms with Crippen molar-refractivity contribution in [3.63, 3.8) is 0 Å². The number of nitrogens with one attached hydrogen (secondary N) is 1. The summed E-state index contributed by atoms with van der Waals surface area (Å²) in [6, 6.07) is 11.3. The Balaban J connectivity index is 1.72. The number of para-hydroxylation sites is 1. The summed E-state index contributed by atoms with van der Waals surface area (Å²) in [6.45, 7) is 3.71. The van der Waals surface area contributed by atoms with Crippen molar-refractivity contribution in [2.24, 2.45) is 0 Å². The van der Waals surface area contributed by atoms with E-state index in [-0.39, 0.29) is 5.69 Å². The van der Waals surface area contributed by atoms with Gasteiger partial charge in [0.15, 0.2) is 0 Å². The minimum atomic E-state index is -4.99. The molecule has 0 bridgehead atoms. The summed E-state index contributed by atoms with van der Waals surface area (Å²) in [5.41, 5.74) is 1.23. The van der Waals surface area contributed by atoms with Crippen LogP contribution in [0.3, 0.4) is 0 Å². The number of nitrogens with zero attached hydrogens (tertiary/aromatic N) is 1. The zero-order chi connectivity index (χ0) is 20.2. The molecule has 1 saturated heterocycles. The second-order valence-electron chi connectivity index (χ2n) is 6.19. The maximum absolute atomic E-state index is 12.5. The zero-order valence-corrected chi connectivity index (χ0v) is 15.6. The first-order valence-electron chi connectivity index (χ1n) is 8.50. The van der Waals surface area contributed by atoms with E-state index in [9.17, 15) is 21.6 Å². The Morgan fingerprint density at radius 1 is 1.04 bits per heavy atom. The Morgan fingerprint density at radius 2 is 1.68 bits per heavy atom. The summed E-state index contributed by atoms with van der Waals surface area (Å²) in [5.74, 6) is -0.786. The van der Waals surface area contributed by atoms with E-state index in [2.05, 4.69) is 14.4 Å². The van der Waals surface area contributed by atoms with E-state index in [0.717, 1.165) is 30.8 Å². The molecule has 1 N–H and O–H groups in total.